The minimum Gasteiger partial charge on any atom is -0.378 e. The van der Waals surface area contributed by atoms with Gasteiger partial charge in [-0.25, -0.2) is 0 Å². The fraction of sp³-hybridized carbons (Fsp3) is 0.0769. The van der Waals surface area contributed by atoms with E-state index < -0.39 is 11.6 Å². The number of nitrogens with one attached hydrogen (secondary N) is 1. The summed E-state index contributed by atoms with van der Waals surface area (Å²) < 4.78 is 0. The van der Waals surface area contributed by atoms with E-state index in [4.69, 9.17) is 0 Å². The van der Waals surface area contributed by atoms with Gasteiger partial charge in [-0.05, 0) is 11.6 Å². The van der Waals surface area contributed by atoms with Crippen molar-refractivity contribution in [3.8, 4) is 0 Å². The molecule has 0 fully saturated rings. The van der Waals surface area contributed by atoms with Gasteiger partial charge in [-0.15, -0.1) is 6.58 Å². The van der Waals surface area contributed by atoms with Gasteiger partial charge >= 0.3 is 0 Å². The van der Waals surface area contributed by atoms with Crippen LogP contribution in [0.15, 0.2) is 42.6 Å². The van der Waals surface area contributed by atoms with Crippen LogP contribution in [-0.4, -0.2) is 18.1 Å². The minimum absolute atomic E-state index is 0.337. The standard InChI is InChI=1S/C13H11NO2/c1-2-7-14-11-8-9-5-3-4-6-10(9)12(15)13(11)16/h2-6,8,14H,1,7H2. The third-order valence-corrected chi connectivity index (χ3v) is 2.39. The Morgan fingerprint density at radius 3 is 2.69 bits per heavy atom. The van der Waals surface area contributed by atoms with Crippen molar-refractivity contribution in [1.82, 2.24) is 5.32 Å². The predicted molar refractivity (Wildman–Crippen MR) is 62.0 cm³/mol. The number of Topliss-reactive ketones (excluding diaryl/α,β-unsaturated/α-hetero) is 2. The Bertz CT molecular complexity index is 500. The van der Waals surface area contributed by atoms with Crippen molar-refractivity contribution in [3.63, 3.8) is 0 Å². The lowest BCUT2D eigenvalue weighted by Crippen LogP contribution is -2.29. The molecule has 1 aromatic rings. The average molecular weight is 213 g/mol. The molecule has 1 N–H and O–H groups in total. The van der Waals surface area contributed by atoms with Crippen LogP contribution in [0.2, 0.25) is 0 Å². The second-order valence-corrected chi connectivity index (χ2v) is 3.47. The van der Waals surface area contributed by atoms with Gasteiger partial charge in [0.2, 0.25) is 11.6 Å². The Morgan fingerprint density at radius 1 is 1.19 bits per heavy atom. The fourth-order valence-corrected chi connectivity index (χ4v) is 1.61. The molecule has 0 heterocycles. The van der Waals surface area contributed by atoms with Gasteiger partial charge in [0.05, 0.1) is 5.70 Å². The largest absolute Gasteiger partial charge is 0.378 e. The van der Waals surface area contributed by atoms with Crippen molar-refractivity contribution < 1.29 is 9.59 Å². The van der Waals surface area contributed by atoms with Gasteiger partial charge in [0, 0.05) is 12.1 Å². The number of fused-ring (bicyclic) bond motifs is 1. The van der Waals surface area contributed by atoms with Crippen LogP contribution in [0.3, 0.4) is 0 Å². The zero-order valence-corrected chi connectivity index (χ0v) is 8.69. The molecule has 0 aromatic heterocycles. The third-order valence-electron chi connectivity index (χ3n) is 2.39. The molecule has 16 heavy (non-hydrogen) atoms. The summed E-state index contributed by atoms with van der Waals surface area (Å²) in [6.07, 6.45) is 3.33. The van der Waals surface area contributed by atoms with Gasteiger partial charge in [0.15, 0.2) is 0 Å². The second-order valence-electron chi connectivity index (χ2n) is 3.47. The van der Waals surface area contributed by atoms with E-state index in [1.165, 1.54) is 0 Å². The van der Waals surface area contributed by atoms with Crippen LogP contribution in [0.5, 0.6) is 0 Å². The molecule has 0 atom stereocenters. The lowest BCUT2D eigenvalue weighted by atomic mass is 9.93. The smallest absolute Gasteiger partial charge is 0.249 e. The molecule has 1 aliphatic carbocycles. The summed E-state index contributed by atoms with van der Waals surface area (Å²) >= 11 is 0. The lowest BCUT2D eigenvalue weighted by molar-refractivity contribution is -0.112. The van der Waals surface area contributed by atoms with E-state index in [0.717, 1.165) is 5.56 Å². The van der Waals surface area contributed by atoms with E-state index in [-0.39, 0.29) is 0 Å². The molecule has 3 nitrogen and oxygen atoms in total. The van der Waals surface area contributed by atoms with E-state index in [0.29, 0.717) is 17.8 Å². The van der Waals surface area contributed by atoms with E-state index >= 15 is 0 Å². The molecule has 0 spiro atoms. The van der Waals surface area contributed by atoms with Crippen LogP contribution < -0.4 is 5.32 Å². The number of ketones is 2. The lowest BCUT2D eigenvalue weighted by Gasteiger charge is -2.14. The topological polar surface area (TPSA) is 46.2 Å². The maximum absolute atomic E-state index is 11.7. The molecule has 0 amide bonds. The molecule has 80 valence electrons. The number of carbonyl (C=O) groups excluding carboxylic acids is 2. The van der Waals surface area contributed by atoms with Crippen LogP contribution in [0.1, 0.15) is 15.9 Å². The monoisotopic (exact) mass is 213 g/mol. The first-order chi connectivity index (χ1) is 7.74. The Morgan fingerprint density at radius 2 is 1.94 bits per heavy atom. The molecule has 0 saturated carbocycles. The van der Waals surface area contributed by atoms with Crippen LogP contribution in [0.25, 0.3) is 6.08 Å². The molecule has 0 bridgehead atoms. The summed E-state index contributed by atoms with van der Waals surface area (Å²) in [5.74, 6) is -0.940. The first-order valence-corrected chi connectivity index (χ1v) is 4.98. The third kappa shape index (κ3) is 1.67. The maximum Gasteiger partial charge on any atom is 0.249 e. The van der Waals surface area contributed by atoms with Gasteiger partial charge in [-0.3, -0.25) is 9.59 Å². The maximum atomic E-state index is 11.7. The Kier molecular flexibility index (Phi) is 2.68. The van der Waals surface area contributed by atoms with Gasteiger partial charge < -0.3 is 5.32 Å². The quantitative estimate of drug-likeness (QED) is 0.612. The Labute approximate surface area is 93.5 Å². The number of carbonyl (C=O) groups is 2. The molecule has 0 saturated heterocycles. The van der Waals surface area contributed by atoms with Crippen LogP contribution in [-0.2, 0) is 4.79 Å². The van der Waals surface area contributed by atoms with Crippen molar-refractivity contribution >= 4 is 17.6 Å². The van der Waals surface area contributed by atoms with E-state index in [1.54, 1.807) is 24.3 Å². The zero-order chi connectivity index (χ0) is 11.5. The summed E-state index contributed by atoms with van der Waals surface area (Å²) in [5.41, 5.74) is 1.58. The zero-order valence-electron chi connectivity index (χ0n) is 8.69. The second kappa shape index (κ2) is 4.14. The van der Waals surface area contributed by atoms with Gasteiger partial charge in [-0.1, -0.05) is 30.3 Å². The molecular weight excluding hydrogens is 202 g/mol. The SMILES string of the molecule is C=CCNC1=Cc2ccccc2C(=O)C1=O. The van der Waals surface area contributed by atoms with Crippen LogP contribution in [0, 0.1) is 0 Å². The highest BCUT2D eigenvalue weighted by atomic mass is 16.2. The van der Waals surface area contributed by atoms with Crippen molar-refractivity contribution in [2.24, 2.45) is 0 Å². The molecule has 0 aliphatic heterocycles. The summed E-state index contributed by atoms with van der Waals surface area (Å²) in [7, 11) is 0. The first-order valence-electron chi connectivity index (χ1n) is 4.98. The van der Waals surface area contributed by atoms with Crippen LogP contribution in [0.4, 0.5) is 0 Å². The molecule has 3 heteroatoms. The number of rotatable bonds is 3. The molecule has 1 aromatic carbocycles. The average Bonchev–Trinajstić information content (AvgIpc) is 2.32. The highest BCUT2D eigenvalue weighted by molar-refractivity contribution is 6.51. The molecule has 0 radical (unpaired) electrons. The molecule has 1 aliphatic rings. The normalized spacial score (nSPS) is 14.1. The van der Waals surface area contributed by atoms with Gasteiger partial charge in [0.25, 0.3) is 0 Å². The predicted octanol–water partition coefficient (Wildman–Crippen LogP) is 1.57. The van der Waals surface area contributed by atoms with Crippen molar-refractivity contribution in [3.05, 3.63) is 53.7 Å². The molecule has 2 rings (SSSR count). The van der Waals surface area contributed by atoms with Gasteiger partial charge in [-0.2, -0.15) is 0 Å². The highest BCUT2D eigenvalue weighted by Gasteiger charge is 2.26. The van der Waals surface area contributed by atoms with Crippen molar-refractivity contribution in [1.29, 1.82) is 0 Å². The highest BCUT2D eigenvalue weighted by Crippen LogP contribution is 2.19. The summed E-state index contributed by atoms with van der Waals surface area (Å²) in [4.78, 5) is 23.4. The Balaban J connectivity index is 2.43. The molecule has 0 unspecified atom stereocenters. The summed E-state index contributed by atoms with van der Waals surface area (Å²) in [5, 5.41) is 2.87. The minimum atomic E-state index is -0.486. The first kappa shape index (κ1) is 10.4. The van der Waals surface area contributed by atoms with Crippen molar-refractivity contribution in [2.75, 3.05) is 6.54 Å². The van der Waals surface area contributed by atoms with Crippen LogP contribution >= 0.6 is 0 Å². The number of benzene rings is 1. The number of hydrogen-bond acceptors (Lipinski definition) is 3. The fourth-order valence-electron chi connectivity index (χ4n) is 1.61. The van der Waals surface area contributed by atoms with Gasteiger partial charge in [0.1, 0.15) is 0 Å². The number of hydrogen-bond donors (Lipinski definition) is 1. The van der Waals surface area contributed by atoms with Crippen molar-refractivity contribution in [2.45, 2.75) is 0 Å². The molecular formula is C13H11NO2. The summed E-state index contributed by atoms with van der Waals surface area (Å²) in [6, 6.07) is 7.06. The van der Waals surface area contributed by atoms with E-state index in [2.05, 4.69) is 11.9 Å². The number of allylic oxidation sites excluding steroid dienone is 1. The van der Waals surface area contributed by atoms with E-state index in [1.807, 2.05) is 12.1 Å². The van der Waals surface area contributed by atoms with E-state index in [9.17, 15) is 9.59 Å². The Hall–Kier alpha value is -2.16. The summed E-state index contributed by atoms with van der Waals surface area (Å²) in [6.45, 7) is 4.01.